The molecule has 0 aromatic carbocycles. The average molecular weight is 281 g/mol. The summed E-state index contributed by atoms with van der Waals surface area (Å²) in [5.41, 5.74) is 0. The van der Waals surface area contributed by atoms with Gasteiger partial charge in [0.05, 0.1) is 13.2 Å². The van der Waals surface area contributed by atoms with E-state index < -0.39 is 49.1 Å². The third-order valence-electron chi connectivity index (χ3n) is 3.33. The van der Waals surface area contributed by atoms with E-state index in [2.05, 4.69) is 5.32 Å². The van der Waals surface area contributed by atoms with E-state index in [9.17, 15) is 30.6 Å². The van der Waals surface area contributed by atoms with Gasteiger partial charge in [0.25, 0.3) is 0 Å². The topological polar surface area (TPSA) is 152 Å². The van der Waals surface area contributed by atoms with Gasteiger partial charge in [-0.05, 0) is 0 Å². The Labute approximate surface area is 109 Å². The van der Waals surface area contributed by atoms with Crippen LogP contribution in [0.2, 0.25) is 0 Å². The van der Waals surface area contributed by atoms with Crippen molar-refractivity contribution in [1.29, 1.82) is 0 Å². The molecule has 0 radical (unpaired) electrons. The van der Waals surface area contributed by atoms with Crippen molar-refractivity contribution in [2.75, 3.05) is 13.2 Å². The fourth-order valence-electron chi connectivity index (χ4n) is 2.07. The lowest BCUT2D eigenvalue weighted by Gasteiger charge is -2.41. The molecule has 2 aliphatic rings. The summed E-state index contributed by atoms with van der Waals surface area (Å²) in [5.74, 6) is 0. The lowest BCUT2D eigenvalue weighted by atomic mass is 10.0. The number of ether oxygens (including phenoxy) is 2. The van der Waals surface area contributed by atoms with E-state index in [4.69, 9.17) is 9.47 Å². The van der Waals surface area contributed by atoms with Gasteiger partial charge in [0, 0.05) is 0 Å². The van der Waals surface area contributed by atoms with Crippen molar-refractivity contribution in [2.45, 2.75) is 49.1 Å². The van der Waals surface area contributed by atoms with E-state index in [1.807, 2.05) is 0 Å². The summed E-state index contributed by atoms with van der Waals surface area (Å²) in [7, 11) is 0. The van der Waals surface area contributed by atoms with Gasteiger partial charge in [-0.3, -0.25) is 5.32 Å². The van der Waals surface area contributed by atoms with Crippen LogP contribution >= 0.6 is 0 Å². The van der Waals surface area contributed by atoms with E-state index in [-0.39, 0.29) is 13.2 Å². The summed E-state index contributed by atoms with van der Waals surface area (Å²) in [4.78, 5) is 0. The first kappa shape index (κ1) is 15.0. The zero-order valence-corrected chi connectivity index (χ0v) is 10.0. The molecule has 2 fully saturated rings. The van der Waals surface area contributed by atoms with Gasteiger partial charge in [0.1, 0.15) is 49.1 Å². The number of hydrogen-bond donors (Lipinski definition) is 7. The van der Waals surface area contributed by atoms with Crippen LogP contribution in [0.3, 0.4) is 0 Å². The highest BCUT2D eigenvalue weighted by Crippen LogP contribution is 2.18. The van der Waals surface area contributed by atoms with Crippen LogP contribution < -0.4 is 5.32 Å². The normalized spacial score (nSPS) is 52.1. The molecular weight excluding hydrogens is 262 g/mol. The van der Waals surface area contributed by atoms with Crippen molar-refractivity contribution < 1.29 is 40.1 Å². The Bertz CT molecular complexity index is 277. The fourth-order valence-corrected chi connectivity index (χ4v) is 2.07. The second-order valence-corrected chi connectivity index (χ2v) is 4.77. The van der Waals surface area contributed by atoms with Crippen LogP contribution in [-0.2, 0) is 9.47 Å². The minimum atomic E-state index is -1.41. The number of aliphatic hydroxyl groups is 6. The van der Waals surface area contributed by atoms with E-state index in [0.29, 0.717) is 0 Å². The molecule has 0 unspecified atom stereocenters. The predicted octanol–water partition coefficient (Wildman–Crippen LogP) is -4.55. The zero-order valence-electron chi connectivity index (χ0n) is 10.0. The summed E-state index contributed by atoms with van der Waals surface area (Å²) in [6.45, 7) is -0.381. The lowest BCUT2D eigenvalue weighted by molar-refractivity contribution is -0.236. The fraction of sp³-hybridized carbons (Fsp3) is 1.00. The van der Waals surface area contributed by atoms with Gasteiger partial charge < -0.3 is 40.1 Å². The zero-order chi connectivity index (χ0) is 14.2. The predicted molar refractivity (Wildman–Crippen MR) is 58.7 cm³/mol. The van der Waals surface area contributed by atoms with Crippen molar-refractivity contribution in [2.24, 2.45) is 0 Å². The van der Waals surface area contributed by atoms with Crippen LogP contribution in [0.5, 0.6) is 0 Å². The largest absolute Gasteiger partial charge is 0.388 e. The standard InChI is InChI=1S/C10H19NO8/c12-3-1-18-9(7(16)5(3)14)11-10-8(17)6(15)4(13)2-19-10/h3-17H,1-2H2/t3-,4+,5-,6+,7-,8-,9+,10-/m0/s1. The summed E-state index contributed by atoms with van der Waals surface area (Å²) in [6, 6.07) is 0. The molecule has 9 nitrogen and oxygen atoms in total. The average Bonchev–Trinajstić information content (AvgIpc) is 2.39. The first-order valence-corrected chi connectivity index (χ1v) is 5.99. The van der Waals surface area contributed by atoms with Crippen LogP contribution in [0, 0.1) is 0 Å². The van der Waals surface area contributed by atoms with Crippen LogP contribution in [0.1, 0.15) is 0 Å². The number of rotatable bonds is 2. The molecule has 9 heteroatoms. The van der Waals surface area contributed by atoms with Gasteiger partial charge >= 0.3 is 0 Å². The molecule has 0 amide bonds. The van der Waals surface area contributed by atoms with Crippen molar-refractivity contribution in [3.63, 3.8) is 0 Å². The van der Waals surface area contributed by atoms with Crippen molar-refractivity contribution in [1.82, 2.24) is 5.32 Å². The molecule has 2 rings (SSSR count). The SMILES string of the molecule is O[C@@H]1[C@H](O)[C@H](N[C@H]2OC[C@@H](O)[C@@H](O)[C@@H]2O)OC[C@@H]1O. The van der Waals surface area contributed by atoms with Gasteiger partial charge in [0.2, 0.25) is 0 Å². The lowest BCUT2D eigenvalue weighted by Crippen LogP contribution is -2.65. The molecule has 8 atom stereocenters. The Morgan fingerprint density at radius 3 is 1.37 bits per heavy atom. The van der Waals surface area contributed by atoms with E-state index in [1.165, 1.54) is 0 Å². The van der Waals surface area contributed by atoms with Crippen LogP contribution in [0.25, 0.3) is 0 Å². The molecule has 112 valence electrons. The highest BCUT2D eigenvalue weighted by Gasteiger charge is 2.43. The number of nitrogens with one attached hydrogen (secondary N) is 1. The molecule has 0 aromatic heterocycles. The summed E-state index contributed by atoms with van der Waals surface area (Å²) >= 11 is 0. The first-order chi connectivity index (χ1) is 8.91. The van der Waals surface area contributed by atoms with Crippen LogP contribution in [0.15, 0.2) is 0 Å². The molecule has 2 heterocycles. The van der Waals surface area contributed by atoms with Crippen LogP contribution in [0.4, 0.5) is 0 Å². The maximum absolute atomic E-state index is 9.70. The minimum absolute atomic E-state index is 0.191. The molecule has 0 aliphatic carbocycles. The Balaban J connectivity index is 1.94. The second-order valence-electron chi connectivity index (χ2n) is 4.77. The van der Waals surface area contributed by atoms with E-state index in [0.717, 1.165) is 0 Å². The molecular formula is C10H19NO8. The Morgan fingerprint density at radius 2 is 1.00 bits per heavy atom. The van der Waals surface area contributed by atoms with Crippen molar-refractivity contribution in [3.8, 4) is 0 Å². The minimum Gasteiger partial charge on any atom is -0.388 e. The quantitative estimate of drug-likeness (QED) is 0.265. The third-order valence-corrected chi connectivity index (χ3v) is 3.33. The summed E-state index contributed by atoms with van der Waals surface area (Å²) in [5, 5.41) is 59.5. The highest BCUT2D eigenvalue weighted by molar-refractivity contribution is 4.90. The maximum Gasteiger partial charge on any atom is 0.139 e. The second kappa shape index (κ2) is 5.95. The molecule has 7 N–H and O–H groups in total. The number of hydrogen-bond acceptors (Lipinski definition) is 9. The van der Waals surface area contributed by atoms with Gasteiger partial charge in [-0.25, -0.2) is 0 Å². The third kappa shape index (κ3) is 3.05. The summed E-state index contributed by atoms with van der Waals surface area (Å²) in [6.07, 6.45) is -10.1. The van der Waals surface area contributed by atoms with Crippen molar-refractivity contribution >= 4 is 0 Å². The summed E-state index contributed by atoms with van der Waals surface area (Å²) < 4.78 is 10.2. The molecule has 0 saturated carbocycles. The molecule has 0 aromatic rings. The molecule has 2 aliphatic heterocycles. The van der Waals surface area contributed by atoms with Gasteiger partial charge in [-0.2, -0.15) is 0 Å². The highest BCUT2D eigenvalue weighted by atomic mass is 16.6. The maximum atomic E-state index is 9.70. The molecule has 19 heavy (non-hydrogen) atoms. The van der Waals surface area contributed by atoms with Crippen LogP contribution in [-0.4, -0.2) is 92.9 Å². The van der Waals surface area contributed by atoms with Gasteiger partial charge in [0.15, 0.2) is 0 Å². The number of aliphatic hydroxyl groups excluding tert-OH is 6. The monoisotopic (exact) mass is 281 g/mol. The smallest absolute Gasteiger partial charge is 0.139 e. The first-order valence-electron chi connectivity index (χ1n) is 5.99. The van der Waals surface area contributed by atoms with Gasteiger partial charge in [-0.15, -0.1) is 0 Å². The van der Waals surface area contributed by atoms with E-state index in [1.54, 1.807) is 0 Å². The Hall–Kier alpha value is -0.360. The Morgan fingerprint density at radius 1 is 0.632 bits per heavy atom. The molecule has 0 bridgehead atoms. The van der Waals surface area contributed by atoms with Crippen molar-refractivity contribution in [3.05, 3.63) is 0 Å². The molecule has 2 saturated heterocycles. The Kier molecular flexibility index (Phi) is 4.71. The van der Waals surface area contributed by atoms with Gasteiger partial charge in [-0.1, -0.05) is 0 Å². The molecule has 0 spiro atoms. The van der Waals surface area contributed by atoms with E-state index >= 15 is 0 Å².